The third-order valence-electron chi connectivity index (χ3n) is 4.66. The van der Waals surface area contributed by atoms with Crippen LogP contribution in [-0.4, -0.2) is 36.6 Å². The van der Waals surface area contributed by atoms with Crippen LogP contribution < -0.4 is 4.84 Å². The van der Waals surface area contributed by atoms with Crippen molar-refractivity contribution in [1.82, 2.24) is 19.5 Å². The van der Waals surface area contributed by atoms with Gasteiger partial charge in [0.2, 0.25) is 0 Å². The van der Waals surface area contributed by atoms with Crippen molar-refractivity contribution in [2.24, 2.45) is 0 Å². The summed E-state index contributed by atoms with van der Waals surface area (Å²) < 4.78 is 78.1. The predicted molar refractivity (Wildman–Crippen MR) is 107 cm³/mol. The van der Waals surface area contributed by atoms with Crippen molar-refractivity contribution in [3.8, 4) is 16.8 Å². The summed E-state index contributed by atoms with van der Waals surface area (Å²) >= 11 is 5.94. The highest BCUT2D eigenvalue weighted by atomic mass is 35.5. The Bertz CT molecular complexity index is 1480. The summed E-state index contributed by atoms with van der Waals surface area (Å²) in [6.07, 6.45) is -5.49. The van der Waals surface area contributed by atoms with Crippen molar-refractivity contribution in [3.05, 3.63) is 69.8 Å². The first-order valence-electron chi connectivity index (χ1n) is 9.13. The van der Waals surface area contributed by atoms with Crippen molar-refractivity contribution in [3.63, 3.8) is 0 Å². The Balaban J connectivity index is 1.78. The Morgan fingerprint density at radius 1 is 1.14 bits per heavy atom. The van der Waals surface area contributed by atoms with E-state index in [1.165, 1.54) is 30.7 Å². The van der Waals surface area contributed by atoms with Gasteiger partial charge in [0.25, 0.3) is 5.69 Å². The minimum absolute atomic E-state index is 0.161. The molecule has 3 heterocycles. The van der Waals surface area contributed by atoms with Crippen LogP contribution in [0.5, 0.6) is 0 Å². The smallest absolute Gasteiger partial charge is 0.326 e. The molecule has 0 aliphatic rings. The average Bonchev–Trinajstić information content (AvgIpc) is 3.39. The highest BCUT2D eigenvalue weighted by Gasteiger charge is 2.42. The van der Waals surface area contributed by atoms with Gasteiger partial charge in [-0.3, -0.25) is 10.1 Å². The molecule has 0 N–H and O–H groups in total. The third-order valence-corrected chi connectivity index (χ3v) is 4.95. The van der Waals surface area contributed by atoms with E-state index in [9.17, 15) is 41.3 Å². The van der Waals surface area contributed by atoms with Crippen LogP contribution in [0.4, 0.5) is 32.0 Å². The Labute approximate surface area is 194 Å². The number of nitro benzene ring substituents is 1. The van der Waals surface area contributed by atoms with E-state index >= 15 is 0 Å². The molecule has 0 fully saturated rings. The van der Waals surface area contributed by atoms with Gasteiger partial charge in [0.1, 0.15) is 0 Å². The standard InChI is InChI=1S/C19H8ClF6N5O4/c20-13-5-10(18(21,22)23)6-14(31(33)34)15(13)29-8-9(7-28-29)11-1-3-27-16-12(11)2-4-30(16)35-17(32)19(24,25)26/h1-8H. The lowest BCUT2D eigenvalue weighted by molar-refractivity contribution is -0.384. The molecule has 0 saturated heterocycles. The molecule has 35 heavy (non-hydrogen) atoms. The molecule has 0 aliphatic carbocycles. The molecular formula is C19H8ClF6N5O4. The second kappa shape index (κ2) is 8.26. The Kier molecular flexibility index (Phi) is 5.67. The molecule has 0 spiro atoms. The maximum absolute atomic E-state index is 13.1. The van der Waals surface area contributed by atoms with Crippen molar-refractivity contribution in [2.45, 2.75) is 12.4 Å². The number of carbonyl (C=O) groups excluding carboxylic acids is 1. The third kappa shape index (κ3) is 4.49. The predicted octanol–water partition coefficient (Wildman–Crippen LogP) is 4.99. The molecule has 0 unspecified atom stereocenters. The number of rotatable bonds is 4. The summed E-state index contributed by atoms with van der Waals surface area (Å²) in [5.41, 5.74) is -2.30. The molecule has 3 aromatic heterocycles. The monoisotopic (exact) mass is 519 g/mol. The molecule has 4 aromatic rings. The lowest BCUT2D eigenvalue weighted by atomic mass is 10.1. The van der Waals surface area contributed by atoms with E-state index < -0.39 is 45.2 Å². The summed E-state index contributed by atoms with van der Waals surface area (Å²) in [5, 5.41) is 15.0. The van der Waals surface area contributed by atoms with E-state index in [1.807, 2.05) is 0 Å². The molecular weight excluding hydrogens is 512 g/mol. The molecule has 16 heteroatoms. The van der Waals surface area contributed by atoms with Crippen LogP contribution in [0.3, 0.4) is 0 Å². The molecule has 0 radical (unpaired) electrons. The van der Waals surface area contributed by atoms with Crippen molar-refractivity contribution < 1.29 is 40.9 Å². The van der Waals surface area contributed by atoms with Gasteiger partial charge in [-0.2, -0.15) is 36.2 Å². The number of halogens is 7. The Morgan fingerprint density at radius 2 is 1.86 bits per heavy atom. The van der Waals surface area contributed by atoms with Crippen molar-refractivity contribution in [1.29, 1.82) is 0 Å². The van der Waals surface area contributed by atoms with Gasteiger partial charge >= 0.3 is 18.3 Å². The number of benzene rings is 1. The second-order valence-corrected chi connectivity index (χ2v) is 7.28. The van der Waals surface area contributed by atoms with Gasteiger partial charge in [-0.15, -0.1) is 0 Å². The molecule has 9 nitrogen and oxygen atoms in total. The SMILES string of the molecule is O=C(On1ccc2c(-c3cnn(-c4c(Cl)cc(C(F)(F)F)cc4[N+](=O)[O-])c3)ccnc21)C(F)(F)F. The second-order valence-electron chi connectivity index (χ2n) is 6.87. The normalized spacial score (nSPS) is 12.2. The van der Waals surface area contributed by atoms with Gasteiger partial charge in [-0.1, -0.05) is 11.6 Å². The van der Waals surface area contributed by atoms with Crippen LogP contribution in [-0.2, 0) is 11.0 Å². The van der Waals surface area contributed by atoms with Crippen molar-refractivity contribution in [2.75, 3.05) is 0 Å². The Morgan fingerprint density at radius 3 is 2.49 bits per heavy atom. The van der Waals surface area contributed by atoms with Gasteiger partial charge in [-0.25, -0.2) is 14.5 Å². The first-order valence-corrected chi connectivity index (χ1v) is 9.51. The van der Waals surface area contributed by atoms with Gasteiger partial charge in [0, 0.05) is 35.6 Å². The average molecular weight is 520 g/mol. The summed E-state index contributed by atoms with van der Waals surface area (Å²) in [7, 11) is 0. The molecule has 0 saturated carbocycles. The number of nitrogens with zero attached hydrogens (tertiary/aromatic N) is 5. The fraction of sp³-hybridized carbons (Fsp3) is 0.105. The van der Waals surface area contributed by atoms with E-state index in [0.717, 1.165) is 10.9 Å². The lowest BCUT2D eigenvalue weighted by Crippen LogP contribution is -2.33. The summed E-state index contributed by atoms with van der Waals surface area (Å²) in [6.45, 7) is 0. The molecule has 0 aliphatic heterocycles. The Hall–Kier alpha value is -4.14. The van der Waals surface area contributed by atoms with Crippen LogP contribution in [0.2, 0.25) is 5.02 Å². The first-order chi connectivity index (χ1) is 16.3. The zero-order valence-electron chi connectivity index (χ0n) is 16.6. The number of alkyl halides is 6. The number of hydrogen-bond donors (Lipinski definition) is 0. The van der Waals surface area contributed by atoms with E-state index in [-0.39, 0.29) is 16.6 Å². The first kappa shape index (κ1) is 24.0. The fourth-order valence-electron chi connectivity index (χ4n) is 3.18. The van der Waals surface area contributed by atoms with E-state index in [0.29, 0.717) is 22.4 Å². The topological polar surface area (TPSA) is 105 Å². The largest absolute Gasteiger partial charge is 0.493 e. The highest BCUT2D eigenvalue weighted by Crippen LogP contribution is 2.39. The van der Waals surface area contributed by atoms with Gasteiger partial charge in [0.15, 0.2) is 11.3 Å². The summed E-state index contributed by atoms with van der Waals surface area (Å²) in [4.78, 5) is 29.7. The summed E-state index contributed by atoms with van der Waals surface area (Å²) in [6, 6.07) is 3.57. The molecule has 0 bridgehead atoms. The number of nitro groups is 1. The quantitative estimate of drug-likeness (QED) is 0.214. The molecule has 182 valence electrons. The number of hydrogen-bond acceptors (Lipinski definition) is 6. The number of aromatic nitrogens is 4. The van der Waals surface area contributed by atoms with Crippen LogP contribution in [0, 0.1) is 10.1 Å². The summed E-state index contributed by atoms with van der Waals surface area (Å²) in [5.74, 6) is -2.47. The lowest BCUT2D eigenvalue weighted by Gasteiger charge is -2.11. The molecule has 0 atom stereocenters. The minimum atomic E-state index is -5.25. The molecule has 1 aromatic carbocycles. The maximum Gasteiger partial charge on any atom is 0.493 e. The van der Waals surface area contributed by atoms with Crippen LogP contribution in [0.1, 0.15) is 5.56 Å². The number of fused-ring (bicyclic) bond motifs is 1. The zero-order valence-corrected chi connectivity index (χ0v) is 17.4. The van der Waals surface area contributed by atoms with Gasteiger partial charge in [0.05, 0.1) is 21.7 Å². The van der Waals surface area contributed by atoms with Crippen LogP contribution >= 0.6 is 11.6 Å². The van der Waals surface area contributed by atoms with Crippen LogP contribution in [0.15, 0.2) is 49.1 Å². The molecule has 4 rings (SSSR count). The van der Waals surface area contributed by atoms with Crippen LogP contribution in [0.25, 0.3) is 27.8 Å². The van der Waals surface area contributed by atoms with Crippen molar-refractivity contribution >= 4 is 34.3 Å². The maximum atomic E-state index is 13.1. The highest BCUT2D eigenvalue weighted by molar-refractivity contribution is 6.33. The number of carbonyl (C=O) groups is 1. The zero-order chi connectivity index (χ0) is 25.7. The molecule has 0 amide bonds. The van der Waals surface area contributed by atoms with Gasteiger partial charge in [-0.05, 0) is 23.8 Å². The fourth-order valence-corrected chi connectivity index (χ4v) is 3.48. The van der Waals surface area contributed by atoms with E-state index in [4.69, 9.17) is 11.6 Å². The van der Waals surface area contributed by atoms with Gasteiger partial charge < -0.3 is 4.84 Å². The van der Waals surface area contributed by atoms with E-state index in [2.05, 4.69) is 14.9 Å². The van der Waals surface area contributed by atoms with E-state index in [1.54, 1.807) is 0 Å². The number of pyridine rings is 1. The minimum Gasteiger partial charge on any atom is -0.326 e.